The van der Waals surface area contributed by atoms with Gasteiger partial charge in [-0.15, -0.1) is 0 Å². The van der Waals surface area contributed by atoms with Gasteiger partial charge in [0.05, 0.1) is 30.8 Å². The lowest BCUT2D eigenvalue weighted by Gasteiger charge is -2.13. The summed E-state index contributed by atoms with van der Waals surface area (Å²) in [6.45, 7) is 0. The molecule has 0 fully saturated rings. The van der Waals surface area contributed by atoms with Crippen molar-refractivity contribution in [2.45, 2.75) is 0 Å². The van der Waals surface area contributed by atoms with Crippen molar-refractivity contribution in [3.63, 3.8) is 0 Å². The van der Waals surface area contributed by atoms with Gasteiger partial charge in [0, 0.05) is 17.3 Å². The van der Waals surface area contributed by atoms with Gasteiger partial charge < -0.3 is 14.8 Å². The average molecular weight is 419 g/mol. The summed E-state index contributed by atoms with van der Waals surface area (Å²) in [4.78, 5) is 30.0. The van der Waals surface area contributed by atoms with Crippen LogP contribution in [0.15, 0.2) is 71.8 Å². The molecule has 0 bridgehead atoms. The number of hydrogen-bond acceptors (Lipinski definition) is 5. The molecule has 1 amide bonds. The van der Waals surface area contributed by atoms with Gasteiger partial charge in [0.2, 0.25) is 0 Å². The number of nitrogens with zero attached hydrogens (tertiary/aromatic N) is 2. The molecule has 1 N–H and O–H groups in total. The summed E-state index contributed by atoms with van der Waals surface area (Å²) in [5.74, 6) is 0.265. The van der Waals surface area contributed by atoms with E-state index in [1.807, 2.05) is 0 Å². The third-order valence-corrected chi connectivity index (χ3v) is 4.77. The number of hydrogen-bond donors (Lipinski definition) is 1. The van der Waals surface area contributed by atoms with Gasteiger partial charge in [-0.2, -0.15) is 0 Å². The first-order valence-electron chi connectivity index (χ1n) is 9.31. The van der Waals surface area contributed by atoms with E-state index < -0.39 is 11.7 Å². The van der Waals surface area contributed by atoms with Gasteiger partial charge in [0.25, 0.3) is 11.5 Å². The van der Waals surface area contributed by atoms with Crippen LogP contribution in [-0.4, -0.2) is 29.7 Å². The monoisotopic (exact) mass is 419 g/mol. The second kappa shape index (κ2) is 8.27. The Morgan fingerprint density at radius 3 is 2.48 bits per heavy atom. The second-order valence-corrected chi connectivity index (χ2v) is 6.65. The first kappa shape index (κ1) is 20.1. The Morgan fingerprint density at radius 1 is 1.00 bits per heavy atom. The number of anilines is 1. The fraction of sp³-hybridized carbons (Fsp3) is 0.0870. The number of carbonyl (C=O) groups is 1. The molecule has 8 heteroatoms. The molecular weight excluding hydrogens is 401 g/mol. The third kappa shape index (κ3) is 3.95. The minimum Gasteiger partial charge on any atom is -0.497 e. The second-order valence-electron chi connectivity index (χ2n) is 6.65. The van der Waals surface area contributed by atoms with Gasteiger partial charge in [-0.3, -0.25) is 14.2 Å². The first-order chi connectivity index (χ1) is 15.0. The fourth-order valence-electron chi connectivity index (χ4n) is 3.16. The van der Waals surface area contributed by atoms with Crippen LogP contribution in [0.1, 0.15) is 10.4 Å². The van der Waals surface area contributed by atoms with Crippen molar-refractivity contribution in [3.8, 4) is 17.2 Å². The number of halogens is 1. The van der Waals surface area contributed by atoms with Gasteiger partial charge in [-0.05, 0) is 54.6 Å². The van der Waals surface area contributed by atoms with Crippen LogP contribution in [0.25, 0.3) is 16.6 Å². The Bertz CT molecular complexity index is 1330. The maximum atomic E-state index is 13.1. The average Bonchev–Trinajstić information content (AvgIpc) is 2.80. The third-order valence-electron chi connectivity index (χ3n) is 4.77. The van der Waals surface area contributed by atoms with Gasteiger partial charge in [0.15, 0.2) is 0 Å². The molecule has 0 aliphatic carbocycles. The van der Waals surface area contributed by atoms with E-state index >= 15 is 0 Å². The minimum atomic E-state index is -0.394. The van der Waals surface area contributed by atoms with Crippen LogP contribution in [0.4, 0.5) is 10.1 Å². The van der Waals surface area contributed by atoms with Gasteiger partial charge >= 0.3 is 0 Å². The predicted octanol–water partition coefficient (Wildman–Crippen LogP) is 3.79. The van der Waals surface area contributed by atoms with Crippen LogP contribution >= 0.6 is 0 Å². The van der Waals surface area contributed by atoms with Crippen LogP contribution in [0.3, 0.4) is 0 Å². The molecule has 0 saturated carbocycles. The van der Waals surface area contributed by atoms with Gasteiger partial charge in [-0.25, -0.2) is 9.37 Å². The number of benzene rings is 3. The van der Waals surface area contributed by atoms with Crippen molar-refractivity contribution in [1.29, 1.82) is 0 Å². The molecule has 3 aromatic carbocycles. The number of carbonyl (C=O) groups excluding carboxylic acids is 1. The molecule has 156 valence electrons. The lowest BCUT2D eigenvalue weighted by Crippen LogP contribution is -2.20. The van der Waals surface area contributed by atoms with Crippen LogP contribution < -0.4 is 20.3 Å². The zero-order chi connectivity index (χ0) is 22.0. The summed E-state index contributed by atoms with van der Waals surface area (Å²) in [6.07, 6.45) is 1.38. The zero-order valence-electron chi connectivity index (χ0n) is 16.8. The molecule has 0 saturated heterocycles. The van der Waals surface area contributed by atoms with E-state index in [2.05, 4.69) is 10.3 Å². The van der Waals surface area contributed by atoms with E-state index in [9.17, 15) is 14.0 Å². The van der Waals surface area contributed by atoms with Crippen molar-refractivity contribution >= 4 is 22.5 Å². The molecule has 1 aromatic heterocycles. The fourth-order valence-corrected chi connectivity index (χ4v) is 3.16. The van der Waals surface area contributed by atoms with E-state index in [4.69, 9.17) is 9.47 Å². The Balaban J connectivity index is 1.71. The smallest absolute Gasteiger partial charge is 0.265 e. The van der Waals surface area contributed by atoms with Gasteiger partial charge in [0.1, 0.15) is 23.6 Å². The highest BCUT2D eigenvalue weighted by Crippen LogP contribution is 2.27. The van der Waals surface area contributed by atoms with Crippen LogP contribution in [0, 0.1) is 5.82 Å². The molecule has 0 unspecified atom stereocenters. The summed E-state index contributed by atoms with van der Waals surface area (Å²) < 4.78 is 25.0. The van der Waals surface area contributed by atoms with Crippen LogP contribution in [-0.2, 0) is 0 Å². The Labute approximate surface area is 176 Å². The van der Waals surface area contributed by atoms with E-state index in [-0.39, 0.29) is 5.56 Å². The summed E-state index contributed by atoms with van der Waals surface area (Å²) >= 11 is 0. The van der Waals surface area contributed by atoms with E-state index in [0.717, 1.165) is 0 Å². The maximum Gasteiger partial charge on any atom is 0.265 e. The number of amides is 1. The number of nitrogens with one attached hydrogen (secondary N) is 1. The summed E-state index contributed by atoms with van der Waals surface area (Å²) in [7, 11) is 3.04. The number of ether oxygens (including phenoxy) is 2. The lowest BCUT2D eigenvalue weighted by atomic mass is 10.1. The molecule has 0 radical (unpaired) electrons. The quantitative estimate of drug-likeness (QED) is 0.532. The highest BCUT2D eigenvalue weighted by Gasteiger charge is 2.14. The molecule has 0 atom stereocenters. The molecule has 31 heavy (non-hydrogen) atoms. The molecule has 7 nitrogen and oxygen atoms in total. The Hall–Kier alpha value is -4.20. The highest BCUT2D eigenvalue weighted by molar-refractivity contribution is 6.06. The first-order valence-corrected chi connectivity index (χ1v) is 9.31. The van der Waals surface area contributed by atoms with Crippen molar-refractivity contribution in [1.82, 2.24) is 9.55 Å². The standard InChI is InChI=1S/C23H18FN3O4/c1-30-17-8-10-21(31-2)20(12-17)27-13-25-19-11-14(3-9-18(19)23(27)29)22(28)26-16-6-4-15(24)5-7-16/h3-13H,1-2H3,(H,26,28). The minimum absolute atomic E-state index is 0.318. The van der Waals surface area contributed by atoms with Gasteiger partial charge in [-0.1, -0.05) is 0 Å². The molecule has 1 heterocycles. The normalized spacial score (nSPS) is 10.7. The molecule has 0 aliphatic rings. The van der Waals surface area contributed by atoms with E-state index in [1.165, 1.54) is 61.5 Å². The lowest BCUT2D eigenvalue weighted by molar-refractivity contribution is 0.102. The maximum absolute atomic E-state index is 13.1. The van der Waals surface area contributed by atoms with E-state index in [0.29, 0.717) is 39.3 Å². The Morgan fingerprint density at radius 2 is 1.77 bits per heavy atom. The van der Waals surface area contributed by atoms with Crippen LogP contribution in [0.5, 0.6) is 11.5 Å². The van der Waals surface area contributed by atoms with Crippen molar-refractivity contribution < 1.29 is 18.7 Å². The molecule has 0 aliphatic heterocycles. The number of aromatic nitrogens is 2. The predicted molar refractivity (Wildman–Crippen MR) is 115 cm³/mol. The molecule has 4 rings (SSSR count). The van der Waals surface area contributed by atoms with Crippen molar-refractivity contribution in [2.75, 3.05) is 19.5 Å². The highest BCUT2D eigenvalue weighted by atomic mass is 19.1. The Kier molecular flexibility index (Phi) is 5.36. The van der Waals surface area contributed by atoms with Crippen molar-refractivity contribution in [2.24, 2.45) is 0 Å². The molecule has 4 aromatic rings. The largest absolute Gasteiger partial charge is 0.497 e. The molecular formula is C23H18FN3O4. The molecule has 0 spiro atoms. The van der Waals surface area contributed by atoms with Crippen molar-refractivity contribution in [3.05, 3.63) is 88.7 Å². The van der Waals surface area contributed by atoms with Crippen LogP contribution in [0.2, 0.25) is 0 Å². The zero-order valence-corrected chi connectivity index (χ0v) is 16.8. The number of methoxy groups -OCH3 is 2. The van der Waals surface area contributed by atoms with E-state index in [1.54, 1.807) is 24.3 Å². The number of fused-ring (bicyclic) bond motifs is 1. The SMILES string of the molecule is COc1ccc(OC)c(-n2cnc3cc(C(=O)Nc4ccc(F)cc4)ccc3c2=O)c1. The number of rotatable bonds is 5. The summed E-state index contributed by atoms with van der Waals surface area (Å²) in [5, 5.41) is 3.02. The summed E-state index contributed by atoms with van der Waals surface area (Å²) in [6, 6.07) is 15.2. The topological polar surface area (TPSA) is 82.4 Å². The summed E-state index contributed by atoms with van der Waals surface area (Å²) in [5.41, 5.74) is 1.32.